The summed E-state index contributed by atoms with van der Waals surface area (Å²) in [4.78, 5) is 26.4. The second-order valence-corrected chi connectivity index (χ2v) is 7.45. The molecule has 0 atom stereocenters. The summed E-state index contributed by atoms with van der Waals surface area (Å²) in [5, 5.41) is 3.45. The first-order chi connectivity index (χ1) is 10.3. The van der Waals surface area contributed by atoms with Crippen molar-refractivity contribution >= 4 is 26.6 Å². The van der Waals surface area contributed by atoms with Crippen molar-refractivity contribution in [1.82, 2.24) is 10.3 Å². The van der Waals surface area contributed by atoms with Crippen molar-refractivity contribution < 1.29 is 13.2 Å². The molecule has 0 spiro atoms. The highest BCUT2D eigenvalue weighted by Crippen LogP contribution is 2.10. The molecule has 2 aromatic rings. The summed E-state index contributed by atoms with van der Waals surface area (Å²) >= 11 is 0. The number of amides is 1. The van der Waals surface area contributed by atoms with Crippen LogP contribution in [0.25, 0.3) is 10.9 Å². The summed E-state index contributed by atoms with van der Waals surface area (Å²) in [6, 6.07) is 9.20. The summed E-state index contributed by atoms with van der Waals surface area (Å²) in [7, 11) is -3.09. The van der Waals surface area contributed by atoms with Crippen molar-refractivity contribution in [2.24, 2.45) is 0 Å². The van der Waals surface area contributed by atoms with Gasteiger partial charge in [0, 0.05) is 30.3 Å². The van der Waals surface area contributed by atoms with Crippen LogP contribution in [-0.2, 0) is 21.1 Å². The second kappa shape index (κ2) is 6.74. The van der Waals surface area contributed by atoms with Crippen molar-refractivity contribution in [2.75, 3.05) is 18.6 Å². The van der Waals surface area contributed by atoms with Crippen LogP contribution >= 0.6 is 0 Å². The molecule has 0 aliphatic carbocycles. The van der Waals surface area contributed by atoms with Gasteiger partial charge in [0.25, 0.3) is 5.56 Å². The number of H-pyrrole nitrogens is 1. The third kappa shape index (κ3) is 4.70. The number of hydrogen-bond donors (Lipinski definition) is 2. The van der Waals surface area contributed by atoms with E-state index in [-0.39, 0.29) is 30.2 Å². The second-order valence-electron chi connectivity index (χ2n) is 5.19. The van der Waals surface area contributed by atoms with E-state index in [1.165, 1.54) is 0 Å². The van der Waals surface area contributed by atoms with E-state index < -0.39 is 9.84 Å². The molecule has 0 aliphatic rings. The molecule has 7 heteroatoms. The maximum absolute atomic E-state index is 11.9. The van der Waals surface area contributed by atoms with Gasteiger partial charge in [-0.1, -0.05) is 18.2 Å². The molecule has 0 saturated carbocycles. The lowest BCUT2D eigenvalue weighted by Crippen LogP contribution is -2.29. The van der Waals surface area contributed by atoms with Gasteiger partial charge < -0.3 is 10.3 Å². The molecule has 1 amide bonds. The maximum atomic E-state index is 11.9. The Morgan fingerprint density at radius 3 is 2.73 bits per heavy atom. The zero-order valence-electron chi connectivity index (χ0n) is 12.3. The topological polar surface area (TPSA) is 96.1 Å². The fourth-order valence-electron chi connectivity index (χ4n) is 2.09. The van der Waals surface area contributed by atoms with Gasteiger partial charge in [0.05, 0.1) is 5.75 Å². The molecule has 2 rings (SSSR count). The number of sulfone groups is 1. The van der Waals surface area contributed by atoms with Crippen molar-refractivity contribution in [3.8, 4) is 0 Å². The van der Waals surface area contributed by atoms with Gasteiger partial charge in [0.15, 0.2) is 0 Å². The number of pyridine rings is 1. The number of nitrogens with one attached hydrogen (secondary N) is 2. The number of aromatic nitrogens is 1. The van der Waals surface area contributed by atoms with Crippen molar-refractivity contribution in [3.05, 3.63) is 46.2 Å². The predicted octanol–water partition coefficient (Wildman–Crippen LogP) is 0.621. The molecule has 22 heavy (non-hydrogen) atoms. The smallest absolute Gasteiger partial charge is 0.251 e. The van der Waals surface area contributed by atoms with Crippen LogP contribution in [0.15, 0.2) is 35.1 Å². The van der Waals surface area contributed by atoms with E-state index in [0.29, 0.717) is 12.0 Å². The lowest BCUT2D eigenvalue weighted by molar-refractivity contribution is -0.120. The van der Waals surface area contributed by atoms with Crippen LogP contribution in [0.4, 0.5) is 0 Å². The first-order valence-corrected chi connectivity index (χ1v) is 8.96. The van der Waals surface area contributed by atoms with Crippen molar-refractivity contribution in [1.29, 1.82) is 0 Å². The van der Waals surface area contributed by atoms with Gasteiger partial charge in [0.1, 0.15) is 9.84 Å². The van der Waals surface area contributed by atoms with Crippen LogP contribution in [0, 0.1) is 0 Å². The standard InChI is InChI=1S/C15H18N2O4S/c1-22(20,21)9-8-16-14(18)7-6-12-10-11-4-2-3-5-13(11)17-15(12)19/h2-5,10H,6-9H2,1H3,(H,16,18)(H,17,19). The summed E-state index contributed by atoms with van der Waals surface area (Å²) < 4.78 is 21.9. The monoisotopic (exact) mass is 322 g/mol. The molecule has 0 radical (unpaired) electrons. The molecule has 1 aromatic carbocycles. The average Bonchev–Trinajstić information content (AvgIpc) is 2.43. The van der Waals surface area contributed by atoms with Gasteiger partial charge >= 0.3 is 0 Å². The number of aromatic amines is 1. The third-order valence-electron chi connectivity index (χ3n) is 3.25. The lowest BCUT2D eigenvalue weighted by atomic mass is 10.1. The van der Waals surface area contributed by atoms with Crippen LogP contribution in [0.1, 0.15) is 12.0 Å². The SMILES string of the molecule is CS(=O)(=O)CCNC(=O)CCc1cc2ccccc2[nH]c1=O. The number of fused-ring (bicyclic) bond motifs is 1. The van der Waals surface area contributed by atoms with E-state index in [2.05, 4.69) is 10.3 Å². The number of hydrogen-bond acceptors (Lipinski definition) is 4. The average molecular weight is 322 g/mol. The minimum atomic E-state index is -3.09. The number of benzene rings is 1. The molecule has 0 saturated heterocycles. The van der Waals surface area contributed by atoms with Gasteiger partial charge in [-0.15, -0.1) is 0 Å². The molecule has 0 fully saturated rings. The first kappa shape index (κ1) is 16.2. The highest BCUT2D eigenvalue weighted by molar-refractivity contribution is 7.90. The van der Waals surface area contributed by atoms with E-state index in [9.17, 15) is 18.0 Å². The van der Waals surface area contributed by atoms with E-state index >= 15 is 0 Å². The molecule has 0 bridgehead atoms. The minimum absolute atomic E-state index is 0.0880. The summed E-state index contributed by atoms with van der Waals surface area (Å²) in [6.45, 7) is 0.0890. The minimum Gasteiger partial charge on any atom is -0.355 e. The quantitative estimate of drug-likeness (QED) is 0.815. The molecular formula is C15H18N2O4S. The molecular weight excluding hydrogens is 304 g/mol. The normalized spacial score (nSPS) is 11.5. The molecule has 1 aromatic heterocycles. The summed E-state index contributed by atoms with van der Waals surface area (Å²) in [6.07, 6.45) is 1.57. The van der Waals surface area contributed by atoms with Crippen LogP contribution < -0.4 is 10.9 Å². The highest BCUT2D eigenvalue weighted by atomic mass is 32.2. The van der Waals surface area contributed by atoms with Crippen LogP contribution in [-0.4, -0.2) is 37.9 Å². The molecule has 1 heterocycles. The van der Waals surface area contributed by atoms with E-state index in [0.717, 1.165) is 17.2 Å². The van der Waals surface area contributed by atoms with E-state index in [1.807, 2.05) is 24.3 Å². The number of carbonyl (C=O) groups excluding carboxylic acids is 1. The Morgan fingerprint density at radius 1 is 1.27 bits per heavy atom. The van der Waals surface area contributed by atoms with Crippen molar-refractivity contribution in [3.63, 3.8) is 0 Å². The van der Waals surface area contributed by atoms with E-state index in [4.69, 9.17) is 0 Å². The third-order valence-corrected chi connectivity index (χ3v) is 4.19. The van der Waals surface area contributed by atoms with Gasteiger partial charge in [-0.05, 0) is 23.9 Å². The number of rotatable bonds is 6. The van der Waals surface area contributed by atoms with Gasteiger partial charge in [0.2, 0.25) is 5.91 Å². The fraction of sp³-hybridized carbons (Fsp3) is 0.333. The zero-order valence-corrected chi connectivity index (χ0v) is 13.1. The number of carbonyl (C=O) groups is 1. The molecule has 0 unspecified atom stereocenters. The largest absolute Gasteiger partial charge is 0.355 e. The van der Waals surface area contributed by atoms with Crippen molar-refractivity contribution in [2.45, 2.75) is 12.8 Å². The van der Waals surface area contributed by atoms with Gasteiger partial charge in [-0.2, -0.15) is 0 Å². The molecule has 0 aliphatic heterocycles. The van der Waals surface area contributed by atoms with Crippen LogP contribution in [0.2, 0.25) is 0 Å². The van der Waals surface area contributed by atoms with Crippen LogP contribution in [0.3, 0.4) is 0 Å². The first-order valence-electron chi connectivity index (χ1n) is 6.90. The highest BCUT2D eigenvalue weighted by Gasteiger charge is 2.08. The fourth-order valence-corrected chi connectivity index (χ4v) is 2.56. The number of para-hydroxylation sites is 1. The zero-order chi connectivity index (χ0) is 16.2. The Kier molecular flexibility index (Phi) is 4.97. The lowest BCUT2D eigenvalue weighted by Gasteiger charge is -2.05. The Labute approximate surface area is 128 Å². The molecule has 6 nitrogen and oxygen atoms in total. The van der Waals surface area contributed by atoms with Gasteiger partial charge in [-0.25, -0.2) is 8.42 Å². The Bertz CT molecular complexity index is 840. The number of aryl methyl sites for hydroxylation is 1. The Hall–Kier alpha value is -2.15. The summed E-state index contributed by atoms with van der Waals surface area (Å²) in [5.41, 5.74) is 1.09. The Morgan fingerprint density at radius 2 is 2.00 bits per heavy atom. The van der Waals surface area contributed by atoms with E-state index in [1.54, 1.807) is 6.07 Å². The summed E-state index contributed by atoms with van der Waals surface area (Å²) in [5.74, 6) is -0.355. The maximum Gasteiger partial charge on any atom is 0.251 e. The predicted molar refractivity (Wildman–Crippen MR) is 85.6 cm³/mol. The molecule has 2 N–H and O–H groups in total. The molecule has 118 valence electrons. The Balaban J connectivity index is 1.95. The van der Waals surface area contributed by atoms with Gasteiger partial charge in [-0.3, -0.25) is 9.59 Å². The van der Waals surface area contributed by atoms with Crippen LogP contribution in [0.5, 0.6) is 0 Å².